The van der Waals surface area contributed by atoms with Crippen molar-refractivity contribution in [2.75, 3.05) is 13.2 Å². The van der Waals surface area contributed by atoms with Gasteiger partial charge < -0.3 is 14.2 Å². The first kappa shape index (κ1) is 51.6. The molecule has 55 heavy (non-hydrogen) atoms. The minimum Gasteiger partial charge on any atom is -0.462 e. The van der Waals surface area contributed by atoms with Gasteiger partial charge in [0.2, 0.25) is 0 Å². The molecule has 0 aromatic heterocycles. The topological polar surface area (TPSA) is 78.9 Å². The molecule has 0 aliphatic heterocycles. The maximum Gasteiger partial charge on any atom is 0.306 e. The van der Waals surface area contributed by atoms with Gasteiger partial charge in [0.15, 0.2) is 6.10 Å². The molecule has 0 bridgehead atoms. The van der Waals surface area contributed by atoms with Gasteiger partial charge in [-0.1, -0.05) is 176 Å². The van der Waals surface area contributed by atoms with Gasteiger partial charge in [0, 0.05) is 19.3 Å². The molecule has 1 unspecified atom stereocenters. The molecule has 0 saturated heterocycles. The van der Waals surface area contributed by atoms with Crippen LogP contribution < -0.4 is 0 Å². The van der Waals surface area contributed by atoms with Gasteiger partial charge in [0.25, 0.3) is 0 Å². The van der Waals surface area contributed by atoms with Crippen molar-refractivity contribution in [1.82, 2.24) is 0 Å². The first-order valence-electron chi connectivity index (χ1n) is 22.1. The second-order valence-corrected chi connectivity index (χ2v) is 14.2. The Morgan fingerprint density at radius 1 is 0.382 bits per heavy atom. The fourth-order valence-electron chi connectivity index (χ4n) is 5.59. The van der Waals surface area contributed by atoms with Crippen molar-refractivity contribution in [3.63, 3.8) is 0 Å². The minimum absolute atomic E-state index is 0.104. The zero-order valence-electron chi connectivity index (χ0n) is 35.4. The molecule has 6 nitrogen and oxygen atoms in total. The number of unbranched alkanes of at least 4 members (excludes halogenated alkanes) is 13. The third-order valence-corrected chi connectivity index (χ3v) is 8.88. The number of carbonyl (C=O) groups excluding carboxylic acids is 3. The molecule has 0 amide bonds. The summed E-state index contributed by atoms with van der Waals surface area (Å²) in [7, 11) is 0. The Labute approximate surface area is 337 Å². The maximum atomic E-state index is 12.6. The summed E-state index contributed by atoms with van der Waals surface area (Å²) in [5.41, 5.74) is 0. The highest BCUT2D eigenvalue weighted by atomic mass is 16.6. The number of rotatable bonds is 38. The fraction of sp³-hybridized carbons (Fsp3) is 0.653. The van der Waals surface area contributed by atoms with Gasteiger partial charge >= 0.3 is 17.9 Å². The van der Waals surface area contributed by atoms with Crippen LogP contribution in [-0.2, 0) is 28.6 Å². The van der Waals surface area contributed by atoms with Crippen molar-refractivity contribution in [2.45, 2.75) is 194 Å². The lowest BCUT2D eigenvalue weighted by molar-refractivity contribution is -0.166. The van der Waals surface area contributed by atoms with Crippen molar-refractivity contribution < 1.29 is 28.6 Å². The zero-order chi connectivity index (χ0) is 40.1. The predicted molar refractivity (Wildman–Crippen MR) is 233 cm³/mol. The van der Waals surface area contributed by atoms with Crippen molar-refractivity contribution >= 4 is 17.9 Å². The lowest BCUT2D eigenvalue weighted by atomic mass is 10.1. The Morgan fingerprint density at radius 3 is 1.29 bits per heavy atom. The molecule has 0 N–H and O–H groups in total. The monoisotopic (exact) mass is 765 g/mol. The first-order valence-corrected chi connectivity index (χ1v) is 22.1. The largest absolute Gasteiger partial charge is 0.462 e. The van der Waals surface area contributed by atoms with E-state index in [0.717, 1.165) is 96.3 Å². The van der Waals surface area contributed by atoms with E-state index in [1.54, 1.807) is 0 Å². The molecule has 312 valence electrons. The third-order valence-electron chi connectivity index (χ3n) is 8.88. The second kappa shape index (κ2) is 43.3. The van der Waals surface area contributed by atoms with Crippen molar-refractivity contribution in [2.24, 2.45) is 0 Å². The number of hydrogen-bond donors (Lipinski definition) is 0. The smallest absolute Gasteiger partial charge is 0.306 e. The normalized spacial score (nSPS) is 12.9. The van der Waals surface area contributed by atoms with Crippen LogP contribution in [0.3, 0.4) is 0 Å². The Bertz CT molecular complexity index is 1110. The van der Waals surface area contributed by atoms with E-state index in [2.05, 4.69) is 93.7 Å². The van der Waals surface area contributed by atoms with Gasteiger partial charge in [-0.25, -0.2) is 0 Å². The van der Waals surface area contributed by atoms with Crippen LogP contribution >= 0.6 is 0 Å². The van der Waals surface area contributed by atoms with E-state index >= 15 is 0 Å². The average Bonchev–Trinajstić information content (AvgIpc) is 3.18. The van der Waals surface area contributed by atoms with Gasteiger partial charge in [-0.05, 0) is 77.0 Å². The summed E-state index contributed by atoms with van der Waals surface area (Å²) in [5, 5.41) is 0. The highest BCUT2D eigenvalue weighted by molar-refractivity contribution is 5.71. The van der Waals surface area contributed by atoms with Crippen molar-refractivity contribution in [3.05, 3.63) is 85.1 Å². The lowest BCUT2D eigenvalue weighted by Crippen LogP contribution is -2.30. The van der Waals surface area contributed by atoms with Gasteiger partial charge in [-0.15, -0.1) is 0 Å². The van der Waals surface area contributed by atoms with E-state index in [9.17, 15) is 14.4 Å². The van der Waals surface area contributed by atoms with E-state index in [1.807, 2.05) is 12.2 Å². The molecular formula is C49H80O6. The highest BCUT2D eigenvalue weighted by Crippen LogP contribution is 2.12. The fourth-order valence-corrected chi connectivity index (χ4v) is 5.59. The summed E-state index contributed by atoms with van der Waals surface area (Å²) in [6.07, 6.45) is 54.4. The van der Waals surface area contributed by atoms with Crippen molar-refractivity contribution in [3.8, 4) is 0 Å². The Hall–Kier alpha value is -3.41. The Balaban J connectivity index is 4.45. The number of allylic oxidation sites excluding steroid dienone is 14. The molecular weight excluding hydrogens is 685 g/mol. The standard InChI is InChI=1S/C49H80O6/c1-4-7-10-13-16-19-21-22-23-24-25-26-27-28-29-31-33-36-39-42-48(51)54-45-46(44-53-47(50)41-38-35-32-18-15-12-9-6-3)55-49(52)43-40-37-34-30-20-17-14-11-8-5-2/h7,10-11,14,16,19,22-23,25-26,28-29,33,36,46H,4-6,8-9,12-13,15,17-18,20-21,24,27,30-32,34-35,37-45H2,1-3H3/b10-7-,14-11-,19-16-,23-22-,26-25-,29-28-,36-33-. The second-order valence-electron chi connectivity index (χ2n) is 14.2. The van der Waals surface area contributed by atoms with E-state index in [4.69, 9.17) is 14.2 Å². The van der Waals surface area contributed by atoms with Crippen LogP contribution in [0.25, 0.3) is 0 Å². The van der Waals surface area contributed by atoms with E-state index < -0.39 is 6.10 Å². The number of carbonyl (C=O) groups is 3. The SMILES string of the molecule is CC/C=C\C/C=C\C/C=C\C/C=C\C/C=C\C/C=C\CCC(=O)OCC(COC(=O)CCCCCCCCCC)OC(=O)CCCCCCC/C=C\CCC. The highest BCUT2D eigenvalue weighted by Gasteiger charge is 2.19. The molecule has 6 heteroatoms. The van der Waals surface area contributed by atoms with Crippen LogP contribution in [0, 0.1) is 0 Å². The van der Waals surface area contributed by atoms with E-state index in [0.29, 0.717) is 19.3 Å². The summed E-state index contributed by atoms with van der Waals surface area (Å²) in [4.78, 5) is 37.5. The molecule has 0 spiro atoms. The quantitative estimate of drug-likeness (QED) is 0.0270. The van der Waals surface area contributed by atoms with Gasteiger partial charge in [0.05, 0.1) is 0 Å². The molecule has 0 aliphatic carbocycles. The number of esters is 3. The Kier molecular flexibility index (Phi) is 40.6. The molecule has 0 aromatic carbocycles. The molecule has 0 fully saturated rings. The van der Waals surface area contributed by atoms with Crippen molar-refractivity contribution in [1.29, 1.82) is 0 Å². The summed E-state index contributed by atoms with van der Waals surface area (Å²) >= 11 is 0. The summed E-state index contributed by atoms with van der Waals surface area (Å²) in [6.45, 7) is 6.33. The summed E-state index contributed by atoms with van der Waals surface area (Å²) in [6, 6.07) is 0. The van der Waals surface area contributed by atoms with Gasteiger partial charge in [-0.3, -0.25) is 14.4 Å². The molecule has 0 heterocycles. The van der Waals surface area contributed by atoms with Crippen LogP contribution in [0.15, 0.2) is 85.1 Å². The Morgan fingerprint density at radius 2 is 0.782 bits per heavy atom. The number of hydrogen-bond acceptors (Lipinski definition) is 6. The molecule has 0 radical (unpaired) electrons. The van der Waals surface area contributed by atoms with E-state index in [-0.39, 0.29) is 37.5 Å². The zero-order valence-corrected chi connectivity index (χ0v) is 35.4. The van der Waals surface area contributed by atoms with Crippen LogP contribution in [0.4, 0.5) is 0 Å². The first-order chi connectivity index (χ1) is 27.0. The van der Waals surface area contributed by atoms with Crippen LogP contribution in [0.5, 0.6) is 0 Å². The number of ether oxygens (including phenoxy) is 3. The minimum atomic E-state index is -0.806. The van der Waals surface area contributed by atoms with Crippen LogP contribution in [0.1, 0.15) is 188 Å². The average molecular weight is 765 g/mol. The molecule has 0 saturated carbocycles. The van der Waals surface area contributed by atoms with Crippen LogP contribution in [-0.4, -0.2) is 37.2 Å². The van der Waals surface area contributed by atoms with Gasteiger partial charge in [0.1, 0.15) is 13.2 Å². The molecule has 0 aromatic rings. The third kappa shape index (κ3) is 41.6. The molecule has 1 atom stereocenters. The lowest BCUT2D eigenvalue weighted by Gasteiger charge is -2.18. The maximum absolute atomic E-state index is 12.6. The summed E-state index contributed by atoms with van der Waals surface area (Å²) in [5.74, 6) is -1.02. The summed E-state index contributed by atoms with van der Waals surface area (Å²) < 4.78 is 16.5. The van der Waals surface area contributed by atoms with Crippen LogP contribution in [0.2, 0.25) is 0 Å². The van der Waals surface area contributed by atoms with Gasteiger partial charge in [-0.2, -0.15) is 0 Å². The molecule has 0 rings (SSSR count). The predicted octanol–water partition coefficient (Wildman–Crippen LogP) is 14.1. The van der Waals surface area contributed by atoms with E-state index in [1.165, 1.54) is 44.9 Å². The molecule has 0 aliphatic rings.